The van der Waals surface area contributed by atoms with E-state index in [2.05, 4.69) is 25.9 Å². The van der Waals surface area contributed by atoms with Gasteiger partial charge in [-0.3, -0.25) is 0 Å². The van der Waals surface area contributed by atoms with Crippen molar-refractivity contribution in [2.24, 2.45) is 0 Å². The van der Waals surface area contributed by atoms with Gasteiger partial charge in [-0.25, -0.2) is 9.37 Å². The van der Waals surface area contributed by atoms with Gasteiger partial charge in [0.1, 0.15) is 17.4 Å². The summed E-state index contributed by atoms with van der Waals surface area (Å²) in [4.78, 5) is 8.25. The maximum atomic E-state index is 13.3. The fourth-order valence-electron chi connectivity index (χ4n) is 1.40. The van der Waals surface area contributed by atoms with Gasteiger partial charge in [-0.2, -0.15) is 4.98 Å². The number of ether oxygens (including phenoxy) is 1. The number of hydrogen-bond donors (Lipinski definition) is 0. The third-order valence-electron chi connectivity index (χ3n) is 2.06. The number of benzene rings is 1. The van der Waals surface area contributed by atoms with E-state index in [1.807, 2.05) is 6.92 Å². The lowest BCUT2D eigenvalue weighted by Crippen LogP contribution is -1.95. The molecule has 1 heterocycles. The molecule has 0 N–H and O–H groups in total. The molecule has 0 bridgehead atoms. The van der Waals surface area contributed by atoms with Gasteiger partial charge < -0.3 is 4.74 Å². The highest BCUT2D eigenvalue weighted by Gasteiger charge is 2.05. The minimum Gasteiger partial charge on any atom is -0.439 e. The highest BCUT2D eigenvalue weighted by Crippen LogP contribution is 2.24. The van der Waals surface area contributed by atoms with Gasteiger partial charge in [0.25, 0.3) is 0 Å². The van der Waals surface area contributed by atoms with E-state index in [0.717, 1.165) is 5.69 Å². The van der Waals surface area contributed by atoms with Gasteiger partial charge in [0.2, 0.25) is 5.88 Å². The van der Waals surface area contributed by atoms with Crippen LogP contribution in [-0.2, 0) is 0 Å². The third-order valence-corrected chi connectivity index (χ3v) is 2.70. The van der Waals surface area contributed by atoms with Crippen molar-refractivity contribution in [2.75, 3.05) is 0 Å². The lowest BCUT2D eigenvalue weighted by Gasteiger charge is -2.06. The van der Waals surface area contributed by atoms with Crippen molar-refractivity contribution in [3.8, 4) is 11.6 Å². The molecule has 0 amide bonds. The summed E-state index contributed by atoms with van der Waals surface area (Å²) >= 11 is 3.08. The smallest absolute Gasteiger partial charge is 0.222 e. The standard InChI is InChI=1S/C12H10BrFN2O/c1-7-5-12(16-8(2)15-7)17-9-3-4-10(13)11(14)6-9/h3-6H,1-2H3. The average Bonchev–Trinajstić information content (AvgIpc) is 2.22. The van der Waals surface area contributed by atoms with Crippen molar-refractivity contribution < 1.29 is 9.13 Å². The van der Waals surface area contributed by atoms with Crippen molar-refractivity contribution in [3.05, 3.63) is 46.1 Å². The van der Waals surface area contributed by atoms with Crippen molar-refractivity contribution in [1.29, 1.82) is 0 Å². The Labute approximate surface area is 107 Å². The van der Waals surface area contributed by atoms with Crippen molar-refractivity contribution in [1.82, 2.24) is 9.97 Å². The Hall–Kier alpha value is -1.49. The molecule has 0 spiro atoms. The summed E-state index contributed by atoms with van der Waals surface area (Å²) in [5.41, 5.74) is 0.810. The fourth-order valence-corrected chi connectivity index (χ4v) is 1.64. The summed E-state index contributed by atoms with van der Waals surface area (Å²) in [6.07, 6.45) is 0. The zero-order valence-electron chi connectivity index (χ0n) is 9.37. The summed E-state index contributed by atoms with van der Waals surface area (Å²) in [6, 6.07) is 6.26. The number of aromatic nitrogens is 2. The highest BCUT2D eigenvalue weighted by atomic mass is 79.9. The van der Waals surface area contributed by atoms with Gasteiger partial charge in [0.05, 0.1) is 4.47 Å². The van der Waals surface area contributed by atoms with Gasteiger partial charge in [-0.15, -0.1) is 0 Å². The predicted molar refractivity (Wildman–Crippen MR) is 65.7 cm³/mol. The van der Waals surface area contributed by atoms with Gasteiger partial charge in [-0.05, 0) is 41.9 Å². The highest BCUT2D eigenvalue weighted by molar-refractivity contribution is 9.10. The molecule has 0 atom stereocenters. The molecular weight excluding hydrogens is 287 g/mol. The maximum Gasteiger partial charge on any atom is 0.222 e. The van der Waals surface area contributed by atoms with Crippen LogP contribution in [0.25, 0.3) is 0 Å². The van der Waals surface area contributed by atoms with E-state index in [0.29, 0.717) is 21.9 Å². The first kappa shape index (κ1) is 12.0. The van der Waals surface area contributed by atoms with E-state index < -0.39 is 0 Å². The number of halogens is 2. The van der Waals surface area contributed by atoms with Crippen LogP contribution in [0.1, 0.15) is 11.5 Å². The average molecular weight is 297 g/mol. The first-order valence-electron chi connectivity index (χ1n) is 5.00. The Kier molecular flexibility index (Phi) is 3.38. The van der Waals surface area contributed by atoms with Crippen LogP contribution in [0.5, 0.6) is 11.6 Å². The van der Waals surface area contributed by atoms with Gasteiger partial charge in [0.15, 0.2) is 0 Å². The molecule has 0 saturated carbocycles. The largest absolute Gasteiger partial charge is 0.439 e. The second kappa shape index (κ2) is 4.79. The number of nitrogens with zero attached hydrogens (tertiary/aromatic N) is 2. The van der Waals surface area contributed by atoms with Gasteiger partial charge >= 0.3 is 0 Å². The van der Waals surface area contributed by atoms with Crippen LogP contribution < -0.4 is 4.74 Å². The monoisotopic (exact) mass is 296 g/mol. The van der Waals surface area contributed by atoms with Crippen molar-refractivity contribution >= 4 is 15.9 Å². The van der Waals surface area contributed by atoms with E-state index in [1.165, 1.54) is 6.07 Å². The molecule has 2 aromatic rings. The Balaban J connectivity index is 2.28. The van der Waals surface area contributed by atoms with E-state index in [-0.39, 0.29) is 5.82 Å². The van der Waals surface area contributed by atoms with Crippen LogP contribution in [0.3, 0.4) is 0 Å². The SMILES string of the molecule is Cc1cc(Oc2ccc(Br)c(F)c2)nc(C)n1. The van der Waals surface area contributed by atoms with Crippen LogP contribution in [-0.4, -0.2) is 9.97 Å². The van der Waals surface area contributed by atoms with E-state index in [1.54, 1.807) is 25.1 Å². The lowest BCUT2D eigenvalue weighted by molar-refractivity contribution is 0.454. The molecule has 3 nitrogen and oxygen atoms in total. The Morgan fingerprint density at radius 2 is 1.94 bits per heavy atom. The second-order valence-electron chi connectivity index (χ2n) is 3.57. The lowest BCUT2D eigenvalue weighted by atomic mass is 10.3. The van der Waals surface area contributed by atoms with Crippen LogP contribution in [0.2, 0.25) is 0 Å². The van der Waals surface area contributed by atoms with Crippen molar-refractivity contribution in [3.63, 3.8) is 0 Å². The molecule has 0 unspecified atom stereocenters. The topological polar surface area (TPSA) is 35.0 Å². The molecule has 88 valence electrons. The number of aryl methyl sites for hydroxylation is 2. The quantitative estimate of drug-likeness (QED) is 0.846. The van der Waals surface area contributed by atoms with Crippen molar-refractivity contribution in [2.45, 2.75) is 13.8 Å². The first-order chi connectivity index (χ1) is 8.04. The predicted octanol–water partition coefficient (Wildman–Crippen LogP) is 3.79. The molecule has 0 aliphatic carbocycles. The summed E-state index contributed by atoms with van der Waals surface area (Å²) in [7, 11) is 0. The Morgan fingerprint density at radius 1 is 1.18 bits per heavy atom. The molecule has 2 rings (SSSR count). The first-order valence-corrected chi connectivity index (χ1v) is 5.79. The molecule has 0 aliphatic rings. The molecule has 0 saturated heterocycles. The van der Waals surface area contributed by atoms with Crippen LogP contribution >= 0.6 is 15.9 Å². The minimum atomic E-state index is -0.370. The summed E-state index contributed by atoms with van der Waals surface area (Å²) < 4.78 is 19.1. The van der Waals surface area contributed by atoms with Crippen LogP contribution in [0, 0.1) is 19.7 Å². The normalized spacial score (nSPS) is 10.4. The Bertz CT molecular complexity index is 540. The number of rotatable bonds is 2. The molecule has 1 aromatic heterocycles. The third kappa shape index (κ3) is 3.00. The van der Waals surface area contributed by atoms with E-state index in [9.17, 15) is 4.39 Å². The minimum absolute atomic E-state index is 0.370. The van der Waals surface area contributed by atoms with E-state index >= 15 is 0 Å². The zero-order valence-corrected chi connectivity index (χ0v) is 11.0. The fraction of sp³-hybridized carbons (Fsp3) is 0.167. The zero-order chi connectivity index (χ0) is 12.4. The molecule has 5 heteroatoms. The summed E-state index contributed by atoms with van der Waals surface area (Å²) in [6.45, 7) is 3.63. The molecule has 0 radical (unpaired) electrons. The summed E-state index contributed by atoms with van der Waals surface area (Å²) in [5, 5.41) is 0. The van der Waals surface area contributed by atoms with E-state index in [4.69, 9.17) is 4.74 Å². The van der Waals surface area contributed by atoms with Crippen LogP contribution in [0.4, 0.5) is 4.39 Å². The number of hydrogen-bond acceptors (Lipinski definition) is 3. The molecule has 17 heavy (non-hydrogen) atoms. The van der Waals surface area contributed by atoms with Crippen LogP contribution in [0.15, 0.2) is 28.7 Å². The van der Waals surface area contributed by atoms with Gasteiger partial charge in [0, 0.05) is 17.8 Å². The molecule has 0 aliphatic heterocycles. The maximum absolute atomic E-state index is 13.3. The summed E-state index contributed by atoms with van der Waals surface area (Å²) in [5.74, 6) is 1.07. The second-order valence-corrected chi connectivity index (χ2v) is 4.43. The Morgan fingerprint density at radius 3 is 2.59 bits per heavy atom. The molecular formula is C12H10BrFN2O. The van der Waals surface area contributed by atoms with Gasteiger partial charge in [-0.1, -0.05) is 0 Å². The molecule has 1 aromatic carbocycles. The molecule has 0 fully saturated rings.